The average Bonchev–Trinajstić information content (AvgIpc) is 3.09. The lowest BCUT2D eigenvalue weighted by Gasteiger charge is -2.31. The summed E-state index contributed by atoms with van der Waals surface area (Å²) in [6.07, 6.45) is 3.28. The molecule has 3 rings (SSSR count). The summed E-state index contributed by atoms with van der Waals surface area (Å²) in [5.74, 6) is 0.836. The monoisotopic (exact) mass is 395 g/mol. The van der Waals surface area contributed by atoms with Gasteiger partial charge in [0.1, 0.15) is 5.75 Å². The first-order valence-corrected chi connectivity index (χ1v) is 10.3. The summed E-state index contributed by atoms with van der Waals surface area (Å²) in [6, 6.07) is 16.8. The second kappa shape index (κ2) is 9.11. The molecule has 1 heterocycles. The highest BCUT2D eigenvalue weighted by atomic mass is 32.1. The Morgan fingerprint density at radius 3 is 2.50 bits per heavy atom. The van der Waals surface area contributed by atoms with Gasteiger partial charge in [-0.25, -0.2) is 0 Å². The molecule has 0 bridgehead atoms. The summed E-state index contributed by atoms with van der Waals surface area (Å²) in [5.41, 5.74) is 3.55. The highest BCUT2D eigenvalue weighted by Crippen LogP contribution is 2.24. The van der Waals surface area contributed by atoms with Gasteiger partial charge in [0.05, 0.1) is 7.11 Å². The van der Waals surface area contributed by atoms with Gasteiger partial charge in [0.15, 0.2) is 5.11 Å². The minimum Gasteiger partial charge on any atom is -0.497 e. The molecule has 28 heavy (non-hydrogen) atoms. The summed E-state index contributed by atoms with van der Waals surface area (Å²) in [4.78, 5) is 2.28. The summed E-state index contributed by atoms with van der Waals surface area (Å²) in [6.45, 7) is 8.34. The number of rotatable bonds is 7. The van der Waals surface area contributed by atoms with Crippen LogP contribution in [0.15, 0.2) is 54.7 Å². The van der Waals surface area contributed by atoms with Gasteiger partial charge in [0, 0.05) is 41.9 Å². The van der Waals surface area contributed by atoms with E-state index in [1.54, 1.807) is 7.11 Å². The minimum absolute atomic E-state index is 0.335. The molecule has 0 aliphatic carbocycles. The maximum atomic E-state index is 5.80. The molecule has 3 aromatic rings. The number of ether oxygens (including phenoxy) is 1. The van der Waals surface area contributed by atoms with Crippen LogP contribution in [-0.4, -0.2) is 27.7 Å². The number of hydrogen-bond acceptors (Lipinski definition) is 2. The van der Waals surface area contributed by atoms with E-state index in [1.807, 2.05) is 24.3 Å². The van der Waals surface area contributed by atoms with Crippen LogP contribution >= 0.6 is 12.2 Å². The number of aromatic nitrogens is 1. The summed E-state index contributed by atoms with van der Waals surface area (Å²) >= 11 is 5.80. The quantitative estimate of drug-likeness (QED) is 0.522. The second-order valence-electron chi connectivity index (χ2n) is 7.00. The zero-order valence-corrected chi connectivity index (χ0v) is 17.9. The van der Waals surface area contributed by atoms with Crippen molar-refractivity contribution in [2.75, 3.05) is 12.4 Å². The zero-order valence-electron chi connectivity index (χ0n) is 17.1. The standard InChI is InChI=1S/C23H29N3OS/c1-5-17(3)26(23(28)24-19-11-13-20(27-4)14-12-19)16-18-15-25(6-2)22-10-8-7-9-21(18)22/h7-15,17H,5-6,16H2,1-4H3,(H,24,28). The molecule has 0 amide bonds. The maximum absolute atomic E-state index is 5.80. The Hall–Kier alpha value is -2.53. The van der Waals surface area contributed by atoms with Crippen LogP contribution in [0.1, 0.15) is 32.8 Å². The molecule has 2 aromatic carbocycles. The molecule has 1 N–H and O–H groups in total. The van der Waals surface area contributed by atoms with Crippen molar-refractivity contribution in [3.05, 3.63) is 60.3 Å². The highest BCUT2D eigenvalue weighted by Gasteiger charge is 2.19. The number of hydrogen-bond donors (Lipinski definition) is 1. The predicted molar refractivity (Wildman–Crippen MR) is 122 cm³/mol. The van der Waals surface area contributed by atoms with E-state index in [0.717, 1.165) is 36.1 Å². The molecular formula is C23H29N3OS. The third-order valence-corrected chi connectivity index (χ3v) is 5.61. The van der Waals surface area contributed by atoms with Crippen molar-refractivity contribution in [2.24, 2.45) is 0 Å². The van der Waals surface area contributed by atoms with Crippen LogP contribution in [0, 0.1) is 0 Å². The van der Waals surface area contributed by atoms with Gasteiger partial charge in [-0.1, -0.05) is 25.1 Å². The van der Waals surface area contributed by atoms with Crippen LogP contribution in [0.3, 0.4) is 0 Å². The summed E-state index contributed by atoms with van der Waals surface area (Å²) in [7, 11) is 1.67. The first-order chi connectivity index (χ1) is 13.6. The third kappa shape index (κ3) is 4.30. The molecular weight excluding hydrogens is 366 g/mol. The van der Waals surface area contributed by atoms with Crippen molar-refractivity contribution < 1.29 is 4.74 Å². The van der Waals surface area contributed by atoms with E-state index in [9.17, 15) is 0 Å². The number of anilines is 1. The van der Waals surface area contributed by atoms with Crippen LogP contribution in [0.4, 0.5) is 5.69 Å². The largest absolute Gasteiger partial charge is 0.497 e. The summed E-state index contributed by atoms with van der Waals surface area (Å²) < 4.78 is 7.54. The van der Waals surface area contributed by atoms with E-state index in [1.165, 1.54) is 16.5 Å². The van der Waals surface area contributed by atoms with Crippen molar-refractivity contribution in [3.63, 3.8) is 0 Å². The van der Waals surface area contributed by atoms with Crippen molar-refractivity contribution in [1.29, 1.82) is 0 Å². The number of fused-ring (bicyclic) bond motifs is 1. The van der Waals surface area contributed by atoms with Gasteiger partial charge in [0.25, 0.3) is 0 Å². The van der Waals surface area contributed by atoms with Crippen molar-refractivity contribution in [2.45, 2.75) is 46.3 Å². The topological polar surface area (TPSA) is 29.4 Å². The van der Waals surface area contributed by atoms with Gasteiger partial charge in [-0.2, -0.15) is 0 Å². The first-order valence-electron chi connectivity index (χ1n) is 9.85. The number of nitrogens with one attached hydrogen (secondary N) is 1. The lowest BCUT2D eigenvalue weighted by Crippen LogP contribution is -2.40. The minimum atomic E-state index is 0.335. The number of aryl methyl sites for hydroxylation is 1. The molecule has 1 unspecified atom stereocenters. The molecule has 0 saturated heterocycles. The zero-order chi connectivity index (χ0) is 20.1. The molecule has 0 aliphatic rings. The van der Waals surface area contributed by atoms with Crippen LogP contribution in [-0.2, 0) is 13.1 Å². The molecule has 5 heteroatoms. The second-order valence-corrected chi connectivity index (χ2v) is 7.39. The molecule has 4 nitrogen and oxygen atoms in total. The summed E-state index contributed by atoms with van der Waals surface area (Å²) in [5, 5.41) is 5.43. The number of methoxy groups -OCH3 is 1. The van der Waals surface area contributed by atoms with Gasteiger partial charge in [-0.05, 0) is 68.4 Å². The molecule has 0 fully saturated rings. The average molecular weight is 396 g/mol. The predicted octanol–water partition coefficient (Wildman–Crippen LogP) is 5.67. The van der Waals surface area contributed by atoms with Gasteiger partial charge in [-0.3, -0.25) is 0 Å². The molecule has 0 radical (unpaired) electrons. The van der Waals surface area contributed by atoms with Crippen LogP contribution < -0.4 is 10.1 Å². The molecule has 0 spiro atoms. The van der Waals surface area contributed by atoms with Crippen LogP contribution in [0.25, 0.3) is 10.9 Å². The van der Waals surface area contributed by atoms with E-state index in [0.29, 0.717) is 6.04 Å². The molecule has 1 aromatic heterocycles. The maximum Gasteiger partial charge on any atom is 0.173 e. The number of thiocarbonyl (C=S) groups is 1. The molecule has 0 saturated carbocycles. The Morgan fingerprint density at radius 1 is 1.14 bits per heavy atom. The Bertz CT molecular complexity index is 933. The van der Waals surface area contributed by atoms with Gasteiger partial charge < -0.3 is 19.5 Å². The van der Waals surface area contributed by atoms with Gasteiger partial charge in [0.2, 0.25) is 0 Å². The van der Waals surface area contributed by atoms with E-state index in [2.05, 4.69) is 66.0 Å². The van der Waals surface area contributed by atoms with Crippen molar-refractivity contribution >= 4 is 33.9 Å². The fourth-order valence-electron chi connectivity index (χ4n) is 3.41. The smallest absolute Gasteiger partial charge is 0.173 e. The van der Waals surface area contributed by atoms with Gasteiger partial charge >= 0.3 is 0 Å². The van der Waals surface area contributed by atoms with Crippen LogP contribution in [0.2, 0.25) is 0 Å². The molecule has 148 valence electrons. The van der Waals surface area contributed by atoms with E-state index in [-0.39, 0.29) is 0 Å². The lowest BCUT2D eigenvalue weighted by molar-refractivity contribution is 0.320. The third-order valence-electron chi connectivity index (χ3n) is 5.28. The molecule has 1 atom stereocenters. The number of nitrogens with zero attached hydrogens (tertiary/aromatic N) is 2. The fourth-order valence-corrected chi connectivity index (χ4v) is 3.77. The Balaban J connectivity index is 1.85. The Morgan fingerprint density at radius 2 is 1.86 bits per heavy atom. The highest BCUT2D eigenvalue weighted by molar-refractivity contribution is 7.80. The SMILES string of the molecule is CCC(C)N(Cc1cn(CC)c2ccccc12)C(=S)Nc1ccc(OC)cc1. The van der Waals surface area contributed by atoms with E-state index < -0.39 is 0 Å². The van der Waals surface area contributed by atoms with Crippen molar-refractivity contribution in [3.8, 4) is 5.75 Å². The Labute approximate surface area is 173 Å². The number of benzene rings is 2. The van der Waals surface area contributed by atoms with E-state index in [4.69, 9.17) is 17.0 Å². The normalized spacial score (nSPS) is 12.0. The first kappa shape index (κ1) is 20.2. The fraction of sp³-hybridized carbons (Fsp3) is 0.348. The van der Waals surface area contributed by atoms with E-state index >= 15 is 0 Å². The number of para-hydroxylation sites is 1. The van der Waals surface area contributed by atoms with Crippen LogP contribution in [0.5, 0.6) is 5.75 Å². The Kier molecular flexibility index (Phi) is 6.57. The van der Waals surface area contributed by atoms with Gasteiger partial charge in [-0.15, -0.1) is 0 Å². The molecule has 0 aliphatic heterocycles. The lowest BCUT2D eigenvalue weighted by atomic mass is 10.1. The van der Waals surface area contributed by atoms with Crippen molar-refractivity contribution in [1.82, 2.24) is 9.47 Å².